The van der Waals surface area contributed by atoms with E-state index < -0.39 is 0 Å². The van der Waals surface area contributed by atoms with E-state index in [1.165, 1.54) is 0 Å². The number of aliphatic imine (C=N–C) groups is 1. The Labute approximate surface area is 190 Å². The van der Waals surface area contributed by atoms with Gasteiger partial charge in [0.05, 0.1) is 7.11 Å². The van der Waals surface area contributed by atoms with Gasteiger partial charge in [0.1, 0.15) is 5.75 Å². The summed E-state index contributed by atoms with van der Waals surface area (Å²) < 4.78 is 5.38. The lowest BCUT2D eigenvalue weighted by molar-refractivity contribution is 0.0827. The maximum atomic E-state index is 12.1. The molecule has 29 heavy (non-hydrogen) atoms. The molecule has 1 amide bonds. The van der Waals surface area contributed by atoms with Crippen LogP contribution in [0.3, 0.4) is 0 Å². The number of methoxy groups -OCH3 is 1. The maximum absolute atomic E-state index is 12.1. The Bertz CT molecular complexity index is 809. The molecular formula is C22H31IN4O2. The minimum absolute atomic E-state index is 0. The van der Waals surface area contributed by atoms with Gasteiger partial charge in [-0.25, -0.2) is 0 Å². The van der Waals surface area contributed by atoms with Gasteiger partial charge in [-0.2, -0.15) is 0 Å². The van der Waals surface area contributed by atoms with E-state index in [0.29, 0.717) is 5.56 Å². The van der Waals surface area contributed by atoms with Crippen molar-refractivity contribution in [2.24, 2.45) is 4.99 Å². The van der Waals surface area contributed by atoms with Crippen molar-refractivity contribution in [1.82, 2.24) is 15.5 Å². The molecule has 2 rings (SSSR count). The van der Waals surface area contributed by atoms with E-state index in [4.69, 9.17) is 4.74 Å². The van der Waals surface area contributed by atoms with Crippen molar-refractivity contribution < 1.29 is 9.53 Å². The predicted molar refractivity (Wildman–Crippen MR) is 130 cm³/mol. The Morgan fingerprint density at radius 2 is 1.72 bits per heavy atom. The minimum atomic E-state index is 0. The molecular weight excluding hydrogens is 479 g/mol. The van der Waals surface area contributed by atoms with Gasteiger partial charge in [0.2, 0.25) is 0 Å². The van der Waals surface area contributed by atoms with Crippen LogP contribution in [-0.2, 0) is 12.8 Å². The molecule has 0 aliphatic carbocycles. The van der Waals surface area contributed by atoms with Crippen LogP contribution in [0.5, 0.6) is 5.75 Å². The van der Waals surface area contributed by atoms with Crippen molar-refractivity contribution in [1.29, 1.82) is 0 Å². The number of halogens is 1. The van der Waals surface area contributed by atoms with Crippen LogP contribution >= 0.6 is 24.0 Å². The highest BCUT2D eigenvalue weighted by Crippen LogP contribution is 2.17. The summed E-state index contributed by atoms with van der Waals surface area (Å²) in [5.41, 5.74) is 2.99. The molecule has 7 heteroatoms. The third kappa shape index (κ3) is 7.92. The first-order valence-electron chi connectivity index (χ1n) is 9.42. The van der Waals surface area contributed by atoms with Crippen LogP contribution in [0.1, 0.15) is 21.5 Å². The molecule has 0 spiro atoms. The van der Waals surface area contributed by atoms with Gasteiger partial charge < -0.3 is 20.3 Å². The number of benzene rings is 2. The summed E-state index contributed by atoms with van der Waals surface area (Å²) in [7, 11) is 6.97. The van der Waals surface area contributed by atoms with E-state index in [0.717, 1.165) is 48.8 Å². The van der Waals surface area contributed by atoms with Crippen LogP contribution in [0.4, 0.5) is 0 Å². The van der Waals surface area contributed by atoms with Gasteiger partial charge in [0.25, 0.3) is 5.91 Å². The number of guanidine groups is 1. The number of carbonyl (C=O) groups excluding carboxylic acids is 1. The molecule has 6 nitrogen and oxygen atoms in total. The van der Waals surface area contributed by atoms with E-state index in [1.807, 2.05) is 42.5 Å². The summed E-state index contributed by atoms with van der Waals surface area (Å²) in [5, 5.41) is 6.64. The summed E-state index contributed by atoms with van der Waals surface area (Å²) >= 11 is 0. The fraction of sp³-hybridized carbons (Fsp3) is 0.364. The second kappa shape index (κ2) is 13.0. The van der Waals surface area contributed by atoms with Gasteiger partial charge in [-0.3, -0.25) is 9.79 Å². The van der Waals surface area contributed by atoms with Gasteiger partial charge in [0.15, 0.2) is 5.96 Å². The Morgan fingerprint density at radius 3 is 2.38 bits per heavy atom. The molecule has 0 fully saturated rings. The standard InChI is InChI=1S/C22H30N4O2.HI/c1-23-22(25-15-13-18-9-5-6-11-20(18)28-4)24-14-12-17-8-7-10-19(16-17)21(27)26(2)3;/h5-11,16H,12-15H2,1-4H3,(H2,23,24,25);1H. The monoisotopic (exact) mass is 510 g/mol. The first-order chi connectivity index (χ1) is 13.5. The molecule has 2 aromatic carbocycles. The number of amides is 1. The van der Waals surface area contributed by atoms with Crippen LogP contribution < -0.4 is 15.4 Å². The summed E-state index contributed by atoms with van der Waals surface area (Å²) in [6.07, 6.45) is 1.65. The number of para-hydroxylation sites is 1. The summed E-state index contributed by atoms with van der Waals surface area (Å²) in [6.45, 7) is 1.49. The molecule has 0 aliphatic rings. The van der Waals surface area contributed by atoms with Crippen molar-refractivity contribution in [2.45, 2.75) is 12.8 Å². The maximum Gasteiger partial charge on any atom is 0.253 e. The molecule has 0 saturated carbocycles. The summed E-state index contributed by atoms with van der Waals surface area (Å²) in [5.74, 6) is 1.68. The van der Waals surface area contributed by atoms with Crippen molar-refractivity contribution in [2.75, 3.05) is 41.3 Å². The Kier molecular flexibility index (Phi) is 11.1. The topological polar surface area (TPSA) is 66.0 Å². The first-order valence-corrected chi connectivity index (χ1v) is 9.42. The lowest BCUT2D eigenvalue weighted by Crippen LogP contribution is -2.39. The second-order valence-electron chi connectivity index (χ2n) is 6.64. The highest BCUT2D eigenvalue weighted by molar-refractivity contribution is 14.0. The lowest BCUT2D eigenvalue weighted by Gasteiger charge is -2.14. The normalized spacial score (nSPS) is 10.7. The molecule has 0 saturated heterocycles. The third-order valence-corrected chi connectivity index (χ3v) is 4.39. The van der Waals surface area contributed by atoms with Crippen molar-refractivity contribution in [3.8, 4) is 5.75 Å². The van der Waals surface area contributed by atoms with E-state index >= 15 is 0 Å². The van der Waals surface area contributed by atoms with E-state index in [-0.39, 0.29) is 29.9 Å². The highest BCUT2D eigenvalue weighted by atomic mass is 127. The zero-order valence-corrected chi connectivity index (χ0v) is 19.9. The van der Waals surface area contributed by atoms with E-state index in [1.54, 1.807) is 33.2 Å². The first kappa shape index (κ1) is 24.7. The van der Waals surface area contributed by atoms with Crippen LogP contribution in [0.25, 0.3) is 0 Å². The molecule has 0 heterocycles. The van der Waals surface area contributed by atoms with Crippen LogP contribution in [0.2, 0.25) is 0 Å². The van der Waals surface area contributed by atoms with Gasteiger partial charge >= 0.3 is 0 Å². The zero-order chi connectivity index (χ0) is 20.4. The number of nitrogens with one attached hydrogen (secondary N) is 2. The van der Waals surface area contributed by atoms with E-state index in [9.17, 15) is 4.79 Å². The largest absolute Gasteiger partial charge is 0.496 e. The third-order valence-electron chi connectivity index (χ3n) is 4.39. The zero-order valence-electron chi connectivity index (χ0n) is 17.6. The fourth-order valence-corrected chi connectivity index (χ4v) is 2.89. The van der Waals surface area contributed by atoms with E-state index in [2.05, 4.69) is 21.7 Å². The number of nitrogens with zero attached hydrogens (tertiary/aromatic N) is 2. The number of ether oxygens (including phenoxy) is 1. The Balaban J connectivity index is 0.00000420. The molecule has 2 N–H and O–H groups in total. The molecule has 0 atom stereocenters. The van der Waals surface area contributed by atoms with Gasteiger partial charge in [0, 0.05) is 39.8 Å². The molecule has 0 aromatic heterocycles. The molecule has 2 aromatic rings. The molecule has 0 radical (unpaired) electrons. The van der Waals surface area contributed by atoms with Crippen molar-refractivity contribution >= 4 is 35.8 Å². The number of hydrogen-bond donors (Lipinski definition) is 2. The average molecular weight is 510 g/mol. The quantitative estimate of drug-likeness (QED) is 0.326. The smallest absolute Gasteiger partial charge is 0.253 e. The molecule has 0 unspecified atom stereocenters. The number of rotatable bonds is 8. The average Bonchev–Trinajstić information content (AvgIpc) is 2.72. The van der Waals surface area contributed by atoms with Gasteiger partial charge in [-0.15, -0.1) is 24.0 Å². The number of carbonyl (C=O) groups is 1. The SMILES string of the molecule is CN=C(NCCc1cccc(C(=O)N(C)C)c1)NCCc1ccccc1OC.I. The number of hydrogen-bond acceptors (Lipinski definition) is 3. The van der Waals surface area contributed by atoms with Crippen LogP contribution in [-0.4, -0.2) is 58.1 Å². The Morgan fingerprint density at radius 1 is 1.03 bits per heavy atom. The van der Waals surface area contributed by atoms with Crippen molar-refractivity contribution in [3.05, 3.63) is 65.2 Å². The van der Waals surface area contributed by atoms with Crippen LogP contribution in [0, 0.1) is 0 Å². The summed E-state index contributed by atoms with van der Waals surface area (Å²) in [4.78, 5) is 17.9. The highest BCUT2D eigenvalue weighted by Gasteiger charge is 2.08. The second-order valence-corrected chi connectivity index (χ2v) is 6.64. The minimum Gasteiger partial charge on any atom is -0.496 e. The molecule has 0 aliphatic heterocycles. The fourth-order valence-electron chi connectivity index (χ4n) is 2.89. The molecule has 0 bridgehead atoms. The Hall–Kier alpha value is -2.29. The van der Waals surface area contributed by atoms with Gasteiger partial charge in [-0.05, 0) is 42.2 Å². The molecule has 158 valence electrons. The summed E-state index contributed by atoms with van der Waals surface area (Å²) in [6, 6.07) is 15.8. The predicted octanol–water partition coefficient (Wildman–Crippen LogP) is 2.97. The van der Waals surface area contributed by atoms with Gasteiger partial charge in [-0.1, -0.05) is 30.3 Å². The lowest BCUT2D eigenvalue weighted by atomic mass is 10.1. The van der Waals surface area contributed by atoms with Crippen molar-refractivity contribution in [3.63, 3.8) is 0 Å². The van der Waals surface area contributed by atoms with Crippen LogP contribution in [0.15, 0.2) is 53.5 Å².